The van der Waals surface area contributed by atoms with E-state index < -0.39 is 0 Å². The number of ether oxygens (including phenoxy) is 1. The van der Waals surface area contributed by atoms with Gasteiger partial charge in [-0.05, 0) is 51.7 Å². The Balaban J connectivity index is 1.93. The summed E-state index contributed by atoms with van der Waals surface area (Å²) >= 11 is 0. The number of aryl methyl sites for hydroxylation is 1. The second kappa shape index (κ2) is 5.89. The Kier molecular flexibility index (Phi) is 4.46. The summed E-state index contributed by atoms with van der Waals surface area (Å²) < 4.78 is 7.83. The number of aromatic nitrogens is 1. The van der Waals surface area contributed by atoms with Gasteiger partial charge in [0.15, 0.2) is 0 Å². The smallest absolute Gasteiger partial charge is 0.0509 e. The van der Waals surface area contributed by atoms with Gasteiger partial charge in [-0.1, -0.05) is 0 Å². The monoisotopic (exact) mass is 250 g/mol. The van der Waals surface area contributed by atoms with Gasteiger partial charge in [0.05, 0.1) is 6.61 Å². The van der Waals surface area contributed by atoms with E-state index in [-0.39, 0.29) is 0 Å². The van der Waals surface area contributed by atoms with E-state index in [1.807, 2.05) is 0 Å². The lowest BCUT2D eigenvalue weighted by molar-refractivity contribution is 0.178. The molecule has 0 radical (unpaired) electrons. The van der Waals surface area contributed by atoms with Gasteiger partial charge in [0, 0.05) is 37.1 Å². The molecule has 0 spiro atoms. The number of nitrogens with one attached hydrogen (secondary N) is 1. The van der Waals surface area contributed by atoms with E-state index in [2.05, 4.69) is 43.6 Å². The standard InChI is InChI=1S/C15H26N2O/c1-5-17-11(2)8-15(13(17)4)9-16-12(3)14-6-7-18-10-14/h8,12,14,16H,5-7,9-10H2,1-4H3. The minimum Gasteiger partial charge on any atom is -0.381 e. The van der Waals surface area contributed by atoms with E-state index >= 15 is 0 Å². The van der Waals surface area contributed by atoms with Crippen LogP contribution in [0.2, 0.25) is 0 Å². The molecule has 2 atom stereocenters. The summed E-state index contributed by atoms with van der Waals surface area (Å²) in [5.41, 5.74) is 4.20. The predicted molar refractivity (Wildman–Crippen MR) is 74.8 cm³/mol. The number of hydrogen-bond donors (Lipinski definition) is 1. The Labute approximate surface area is 111 Å². The fraction of sp³-hybridized carbons (Fsp3) is 0.733. The second-order valence-electron chi connectivity index (χ2n) is 5.43. The molecule has 0 saturated carbocycles. The van der Waals surface area contributed by atoms with Crippen molar-refractivity contribution in [3.63, 3.8) is 0 Å². The van der Waals surface area contributed by atoms with Gasteiger partial charge in [-0.3, -0.25) is 0 Å². The first-order valence-corrected chi connectivity index (χ1v) is 7.10. The first-order chi connectivity index (χ1) is 8.63. The van der Waals surface area contributed by atoms with Crippen LogP contribution in [0.1, 0.15) is 37.2 Å². The Morgan fingerprint density at radius 1 is 1.50 bits per heavy atom. The van der Waals surface area contributed by atoms with E-state index in [1.54, 1.807) is 0 Å². The molecule has 1 aromatic heterocycles. The van der Waals surface area contributed by atoms with Crippen molar-refractivity contribution in [3.8, 4) is 0 Å². The fourth-order valence-corrected chi connectivity index (χ4v) is 2.92. The molecule has 102 valence electrons. The van der Waals surface area contributed by atoms with Crippen molar-refractivity contribution in [2.75, 3.05) is 13.2 Å². The summed E-state index contributed by atoms with van der Waals surface area (Å²) in [6.45, 7) is 12.8. The molecule has 0 aromatic carbocycles. The molecule has 1 saturated heterocycles. The van der Waals surface area contributed by atoms with Crippen LogP contribution in [0.25, 0.3) is 0 Å². The highest BCUT2D eigenvalue weighted by Crippen LogP contribution is 2.18. The maximum Gasteiger partial charge on any atom is 0.0509 e. The number of nitrogens with zero attached hydrogens (tertiary/aromatic N) is 1. The van der Waals surface area contributed by atoms with Crippen LogP contribution >= 0.6 is 0 Å². The van der Waals surface area contributed by atoms with Crippen molar-refractivity contribution >= 4 is 0 Å². The highest BCUT2D eigenvalue weighted by Gasteiger charge is 2.22. The molecular formula is C15H26N2O. The normalized spacial score (nSPS) is 21.4. The average molecular weight is 250 g/mol. The number of hydrogen-bond acceptors (Lipinski definition) is 2. The lowest BCUT2D eigenvalue weighted by atomic mass is 10.0. The van der Waals surface area contributed by atoms with Crippen LogP contribution in [0, 0.1) is 19.8 Å². The minimum absolute atomic E-state index is 0.539. The predicted octanol–water partition coefficient (Wildman–Crippen LogP) is 2.64. The zero-order chi connectivity index (χ0) is 13.1. The van der Waals surface area contributed by atoms with E-state index in [4.69, 9.17) is 4.74 Å². The molecule has 2 rings (SSSR count). The first-order valence-electron chi connectivity index (χ1n) is 7.10. The highest BCUT2D eigenvalue weighted by atomic mass is 16.5. The fourth-order valence-electron chi connectivity index (χ4n) is 2.92. The molecule has 0 amide bonds. The highest BCUT2D eigenvalue weighted by molar-refractivity contribution is 5.26. The third kappa shape index (κ3) is 2.78. The van der Waals surface area contributed by atoms with Crippen LogP contribution in [0.4, 0.5) is 0 Å². The first kappa shape index (κ1) is 13.6. The zero-order valence-electron chi connectivity index (χ0n) is 12.1. The summed E-state index contributed by atoms with van der Waals surface area (Å²) in [5, 5.41) is 3.65. The average Bonchev–Trinajstić information content (AvgIpc) is 2.95. The van der Waals surface area contributed by atoms with Gasteiger partial charge >= 0.3 is 0 Å². The largest absolute Gasteiger partial charge is 0.381 e. The molecule has 1 N–H and O–H groups in total. The third-order valence-electron chi connectivity index (χ3n) is 4.28. The topological polar surface area (TPSA) is 26.2 Å². The lowest BCUT2D eigenvalue weighted by Gasteiger charge is -2.19. The molecule has 0 aliphatic carbocycles. The van der Waals surface area contributed by atoms with Gasteiger partial charge < -0.3 is 14.6 Å². The van der Waals surface area contributed by atoms with E-state index in [1.165, 1.54) is 23.4 Å². The van der Waals surface area contributed by atoms with Crippen LogP contribution in [-0.2, 0) is 17.8 Å². The molecule has 3 heteroatoms. The SMILES string of the molecule is CCn1c(C)cc(CNC(C)C2CCOC2)c1C. The number of rotatable bonds is 5. The lowest BCUT2D eigenvalue weighted by Crippen LogP contribution is -2.33. The van der Waals surface area contributed by atoms with Crippen LogP contribution < -0.4 is 5.32 Å². The van der Waals surface area contributed by atoms with Gasteiger partial charge in [0.2, 0.25) is 0 Å². The van der Waals surface area contributed by atoms with Crippen molar-refractivity contribution in [1.82, 2.24) is 9.88 Å². The summed E-state index contributed by atoms with van der Waals surface area (Å²) in [6, 6.07) is 2.85. The summed E-state index contributed by atoms with van der Waals surface area (Å²) in [5.74, 6) is 0.680. The van der Waals surface area contributed by atoms with Crippen LogP contribution in [0.3, 0.4) is 0 Å². The Morgan fingerprint density at radius 3 is 2.83 bits per heavy atom. The van der Waals surface area contributed by atoms with Crippen molar-refractivity contribution in [1.29, 1.82) is 0 Å². The second-order valence-corrected chi connectivity index (χ2v) is 5.43. The van der Waals surface area contributed by atoms with Crippen LogP contribution in [-0.4, -0.2) is 23.8 Å². The molecule has 18 heavy (non-hydrogen) atoms. The molecule has 2 heterocycles. The van der Waals surface area contributed by atoms with Gasteiger partial charge in [-0.2, -0.15) is 0 Å². The Hall–Kier alpha value is -0.800. The van der Waals surface area contributed by atoms with Crippen molar-refractivity contribution < 1.29 is 4.74 Å². The maximum absolute atomic E-state index is 5.45. The van der Waals surface area contributed by atoms with E-state index in [9.17, 15) is 0 Å². The van der Waals surface area contributed by atoms with E-state index in [0.717, 1.165) is 26.3 Å². The maximum atomic E-state index is 5.45. The summed E-state index contributed by atoms with van der Waals surface area (Å²) in [6.07, 6.45) is 1.20. The zero-order valence-corrected chi connectivity index (χ0v) is 12.1. The molecule has 1 aliphatic rings. The summed E-state index contributed by atoms with van der Waals surface area (Å²) in [7, 11) is 0. The quantitative estimate of drug-likeness (QED) is 0.869. The molecule has 3 nitrogen and oxygen atoms in total. The molecule has 1 fully saturated rings. The molecule has 2 unspecified atom stereocenters. The van der Waals surface area contributed by atoms with Crippen molar-refractivity contribution in [2.45, 2.75) is 53.2 Å². The third-order valence-corrected chi connectivity index (χ3v) is 4.28. The molecule has 0 bridgehead atoms. The molecule has 1 aromatic rings. The minimum atomic E-state index is 0.539. The summed E-state index contributed by atoms with van der Waals surface area (Å²) in [4.78, 5) is 0. The van der Waals surface area contributed by atoms with Gasteiger partial charge in [-0.15, -0.1) is 0 Å². The van der Waals surface area contributed by atoms with Gasteiger partial charge in [0.1, 0.15) is 0 Å². The van der Waals surface area contributed by atoms with Gasteiger partial charge in [0.25, 0.3) is 0 Å². The van der Waals surface area contributed by atoms with Crippen molar-refractivity contribution in [3.05, 3.63) is 23.0 Å². The molecular weight excluding hydrogens is 224 g/mol. The Bertz CT molecular complexity index is 391. The van der Waals surface area contributed by atoms with Crippen LogP contribution in [0.5, 0.6) is 0 Å². The van der Waals surface area contributed by atoms with Gasteiger partial charge in [-0.25, -0.2) is 0 Å². The van der Waals surface area contributed by atoms with Crippen molar-refractivity contribution in [2.24, 2.45) is 5.92 Å². The Morgan fingerprint density at radius 2 is 2.28 bits per heavy atom. The van der Waals surface area contributed by atoms with E-state index in [0.29, 0.717) is 12.0 Å². The van der Waals surface area contributed by atoms with Crippen LogP contribution in [0.15, 0.2) is 6.07 Å². The molecule has 1 aliphatic heterocycles.